The summed E-state index contributed by atoms with van der Waals surface area (Å²) in [7, 11) is 0. The van der Waals surface area contributed by atoms with E-state index in [0.717, 1.165) is 5.56 Å². The summed E-state index contributed by atoms with van der Waals surface area (Å²) < 4.78 is 0. The lowest BCUT2D eigenvalue weighted by molar-refractivity contribution is -0.445. The van der Waals surface area contributed by atoms with Gasteiger partial charge in [-0.05, 0) is 5.56 Å². The molecule has 0 aliphatic heterocycles. The molecule has 0 aliphatic carbocycles. The molecule has 1 aromatic carbocycles. The molecule has 0 spiro atoms. The van der Waals surface area contributed by atoms with Gasteiger partial charge in [0.15, 0.2) is 0 Å². The van der Waals surface area contributed by atoms with Crippen molar-refractivity contribution in [2.75, 3.05) is 0 Å². The third-order valence-electron chi connectivity index (χ3n) is 1.51. The number of primary amides is 1. The minimum atomic E-state index is -1.21. The van der Waals surface area contributed by atoms with E-state index in [1.165, 1.54) is 0 Å². The van der Waals surface area contributed by atoms with Crippen LogP contribution >= 0.6 is 0 Å². The maximum absolute atomic E-state index is 10.9. The summed E-state index contributed by atoms with van der Waals surface area (Å²) in [6, 6.07) is 9.15. The molecule has 1 aromatic rings. The second kappa shape index (κ2) is 6.25. The van der Waals surface area contributed by atoms with Crippen molar-refractivity contribution in [1.82, 2.24) is 5.32 Å². The maximum atomic E-state index is 10.9. The van der Waals surface area contributed by atoms with Crippen molar-refractivity contribution >= 4 is 12.2 Å². The fraction of sp³-hybridized carbons (Fsp3) is 0.111. The summed E-state index contributed by atoms with van der Waals surface area (Å²) in [4.78, 5) is 28.7. The minimum absolute atomic E-state index is 0.263. The van der Waals surface area contributed by atoms with Crippen LogP contribution in [0.1, 0.15) is 5.56 Å². The normalized spacial score (nSPS) is 9.25. The van der Waals surface area contributed by atoms with E-state index in [1.54, 1.807) is 0 Å². The molecule has 7 heteroatoms. The SMILES string of the molecule is NC(=O)OOOC(=O)NCc1ccccc1. The van der Waals surface area contributed by atoms with Crippen LogP contribution in [-0.4, -0.2) is 12.2 Å². The van der Waals surface area contributed by atoms with Crippen molar-refractivity contribution in [2.24, 2.45) is 5.73 Å². The molecular formula is C9H10N2O5. The minimum Gasteiger partial charge on any atom is -0.332 e. The van der Waals surface area contributed by atoms with Crippen molar-refractivity contribution in [2.45, 2.75) is 6.54 Å². The lowest BCUT2D eigenvalue weighted by atomic mass is 10.2. The zero-order valence-electron chi connectivity index (χ0n) is 8.21. The van der Waals surface area contributed by atoms with Gasteiger partial charge < -0.3 is 11.1 Å². The quantitative estimate of drug-likeness (QED) is 0.585. The number of rotatable bonds is 4. The van der Waals surface area contributed by atoms with Gasteiger partial charge >= 0.3 is 12.2 Å². The van der Waals surface area contributed by atoms with E-state index in [-0.39, 0.29) is 6.54 Å². The third-order valence-corrected chi connectivity index (χ3v) is 1.51. The Morgan fingerprint density at radius 3 is 2.50 bits per heavy atom. The average molecular weight is 226 g/mol. The molecule has 0 unspecified atom stereocenters. The molecule has 0 fully saturated rings. The van der Waals surface area contributed by atoms with Gasteiger partial charge in [0.25, 0.3) is 0 Å². The molecule has 3 N–H and O–H groups in total. The number of hydrogen-bond acceptors (Lipinski definition) is 5. The lowest BCUT2D eigenvalue weighted by Gasteiger charge is -2.03. The number of amides is 2. The van der Waals surface area contributed by atoms with Crippen LogP contribution in [0.15, 0.2) is 30.3 Å². The molecule has 0 saturated carbocycles. The third kappa shape index (κ3) is 4.82. The monoisotopic (exact) mass is 226 g/mol. The van der Waals surface area contributed by atoms with Gasteiger partial charge in [-0.1, -0.05) is 30.3 Å². The molecule has 2 amide bonds. The Labute approximate surface area is 90.9 Å². The Hall–Kier alpha value is -2.28. The summed E-state index contributed by atoms with van der Waals surface area (Å²) in [5.74, 6) is 0. The van der Waals surface area contributed by atoms with Gasteiger partial charge in [-0.15, -0.1) is 0 Å². The first-order valence-corrected chi connectivity index (χ1v) is 4.31. The Morgan fingerprint density at radius 2 is 1.88 bits per heavy atom. The fourth-order valence-electron chi connectivity index (χ4n) is 0.881. The van der Waals surface area contributed by atoms with Crippen LogP contribution in [0.25, 0.3) is 0 Å². The predicted octanol–water partition coefficient (Wildman–Crippen LogP) is 0.855. The summed E-state index contributed by atoms with van der Waals surface area (Å²) in [5.41, 5.74) is 5.43. The van der Waals surface area contributed by atoms with E-state index in [2.05, 4.69) is 25.9 Å². The highest BCUT2D eigenvalue weighted by Gasteiger charge is 2.04. The average Bonchev–Trinajstić information content (AvgIpc) is 2.27. The molecule has 16 heavy (non-hydrogen) atoms. The maximum Gasteiger partial charge on any atom is 0.443 e. The fourth-order valence-corrected chi connectivity index (χ4v) is 0.881. The second-order valence-corrected chi connectivity index (χ2v) is 2.68. The van der Waals surface area contributed by atoms with Crippen LogP contribution in [0.3, 0.4) is 0 Å². The first-order valence-electron chi connectivity index (χ1n) is 4.31. The molecule has 0 aromatic heterocycles. The molecule has 0 radical (unpaired) electrons. The molecule has 0 heterocycles. The molecule has 0 bridgehead atoms. The second-order valence-electron chi connectivity index (χ2n) is 2.68. The van der Waals surface area contributed by atoms with Crippen molar-refractivity contribution in [3.63, 3.8) is 0 Å². The number of carbonyl (C=O) groups is 2. The van der Waals surface area contributed by atoms with Crippen molar-refractivity contribution in [3.8, 4) is 0 Å². The van der Waals surface area contributed by atoms with Crippen LogP contribution in [0.5, 0.6) is 0 Å². The van der Waals surface area contributed by atoms with Gasteiger partial charge in [0.05, 0.1) is 5.04 Å². The van der Waals surface area contributed by atoms with Crippen LogP contribution in [0.2, 0.25) is 0 Å². The summed E-state index contributed by atoms with van der Waals surface area (Å²) >= 11 is 0. The van der Waals surface area contributed by atoms with E-state index < -0.39 is 12.2 Å². The Balaban J connectivity index is 2.18. The highest BCUT2D eigenvalue weighted by molar-refractivity contribution is 5.66. The molecule has 86 valence electrons. The standard InChI is InChI=1S/C9H10N2O5/c10-8(12)14-16-15-9(13)11-6-7-4-2-1-3-5-7/h1-5H,6H2,(H2,10,12)(H,11,13). The smallest absolute Gasteiger partial charge is 0.332 e. The highest BCUT2D eigenvalue weighted by atomic mass is 17.5. The van der Waals surface area contributed by atoms with Gasteiger partial charge in [0.1, 0.15) is 0 Å². The highest BCUT2D eigenvalue weighted by Crippen LogP contribution is 1.97. The lowest BCUT2D eigenvalue weighted by Crippen LogP contribution is -2.25. The Kier molecular flexibility index (Phi) is 4.61. The first-order chi connectivity index (χ1) is 7.68. The number of carbonyl (C=O) groups excluding carboxylic acids is 2. The molecular weight excluding hydrogens is 216 g/mol. The largest absolute Gasteiger partial charge is 0.443 e. The van der Waals surface area contributed by atoms with Gasteiger partial charge in [-0.25, -0.2) is 19.4 Å². The van der Waals surface area contributed by atoms with Gasteiger partial charge in [-0.3, -0.25) is 0 Å². The van der Waals surface area contributed by atoms with Crippen LogP contribution in [-0.2, 0) is 21.4 Å². The number of nitrogens with two attached hydrogens (primary N) is 1. The van der Waals surface area contributed by atoms with Crippen LogP contribution in [0, 0.1) is 0 Å². The van der Waals surface area contributed by atoms with Crippen molar-refractivity contribution in [3.05, 3.63) is 35.9 Å². The molecule has 0 aliphatic rings. The van der Waals surface area contributed by atoms with E-state index in [1.807, 2.05) is 30.3 Å². The van der Waals surface area contributed by atoms with Crippen molar-refractivity contribution in [1.29, 1.82) is 0 Å². The zero-order chi connectivity index (χ0) is 11.8. The summed E-state index contributed by atoms with van der Waals surface area (Å²) in [6.45, 7) is 0.263. The number of benzene rings is 1. The first kappa shape index (κ1) is 11.8. The van der Waals surface area contributed by atoms with Crippen molar-refractivity contribution < 1.29 is 24.4 Å². The van der Waals surface area contributed by atoms with Gasteiger partial charge in [0.2, 0.25) is 0 Å². The zero-order valence-corrected chi connectivity index (χ0v) is 8.21. The summed E-state index contributed by atoms with van der Waals surface area (Å²) in [5, 5.41) is 6.11. The van der Waals surface area contributed by atoms with Crippen LogP contribution in [0.4, 0.5) is 9.59 Å². The predicted molar refractivity (Wildman–Crippen MR) is 51.5 cm³/mol. The molecule has 0 saturated heterocycles. The van der Waals surface area contributed by atoms with Gasteiger partial charge in [0, 0.05) is 6.54 Å². The molecule has 7 nitrogen and oxygen atoms in total. The Bertz CT molecular complexity index is 354. The molecule has 0 atom stereocenters. The summed E-state index contributed by atoms with van der Waals surface area (Å²) in [6.07, 6.45) is -2.11. The topological polar surface area (TPSA) is 99.9 Å². The van der Waals surface area contributed by atoms with Gasteiger partial charge in [-0.2, -0.15) is 0 Å². The molecule has 1 rings (SSSR count). The van der Waals surface area contributed by atoms with E-state index in [4.69, 9.17) is 0 Å². The Morgan fingerprint density at radius 1 is 1.19 bits per heavy atom. The number of hydrogen-bond donors (Lipinski definition) is 2. The van der Waals surface area contributed by atoms with E-state index >= 15 is 0 Å². The van der Waals surface area contributed by atoms with E-state index in [9.17, 15) is 9.59 Å². The van der Waals surface area contributed by atoms with Crippen LogP contribution < -0.4 is 11.1 Å². The van der Waals surface area contributed by atoms with E-state index in [0.29, 0.717) is 0 Å². The number of nitrogens with one attached hydrogen (secondary N) is 1.